The van der Waals surface area contributed by atoms with E-state index in [1.807, 2.05) is 19.2 Å². The summed E-state index contributed by atoms with van der Waals surface area (Å²) in [5, 5.41) is 2.89. The maximum absolute atomic E-state index is 13.8. The number of hydrogen-bond acceptors (Lipinski definition) is 4. The van der Waals surface area contributed by atoms with Crippen molar-refractivity contribution in [3.63, 3.8) is 0 Å². The van der Waals surface area contributed by atoms with E-state index in [9.17, 15) is 14.0 Å². The summed E-state index contributed by atoms with van der Waals surface area (Å²) >= 11 is 7.50. The molecule has 27 heavy (non-hydrogen) atoms. The van der Waals surface area contributed by atoms with Gasteiger partial charge in [-0.25, -0.2) is 9.18 Å². The van der Waals surface area contributed by atoms with Crippen LogP contribution in [0, 0.1) is 12.7 Å². The fourth-order valence-corrected chi connectivity index (χ4v) is 3.12. The van der Waals surface area contributed by atoms with Crippen LogP contribution in [-0.4, -0.2) is 29.9 Å². The fourth-order valence-electron chi connectivity index (χ4n) is 2.43. The number of thioether (sulfide) groups is 1. The summed E-state index contributed by atoms with van der Waals surface area (Å²) in [5.41, 5.74) is 1.52. The summed E-state index contributed by atoms with van der Waals surface area (Å²) in [4.78, 5) is 24.9. The van der Waals surface area contributed by atoms with Crippen molar-refractivity contribution in [3.8, 4) is 0 Å². The first-order valence-corrected chi connectivity index (χ1v) is 10.2. The molecule has 0 heterocycles. The molecule has 0 aliphatic rings. The van der Waals surface area contributed by atoms with Crippen molar-refractivity contribution in [2.24, 2.45) is 0 Å². The van der Waals surface area contributed by atoms with E-state index in [-0.39, 0.29) is 23.1 Å². The molecule has 0 bridgehead atoms. The molecule has 1 atom stereocenters. The van der Waals surface area contributed by atoms with Crippen molar-refractivity contribution < 1.29 is 18.7 Å². The van der Waals surface area contributed by atoms with Crippen LogP contribution in [0.1, 0.15) is 27.9 Å². The monoisotopic (exact) mass is 409 g/mol. The van der Waals surface area contributed by atoms with Gasteiger partial charge in [0.2, 0.25) is 0 Å². The molecule has 0 unspecified atom stereocenters. The summed E-state index contributed by atoms with van der Waals surface area (Å²) < 4.78 is 19.0. The Morgan fingerprint density at radius 3 is 2.67 bits per heavy atom. The normalized spacial score (nSPS) is 11.7. The van der Waals surface area contributed by atoms with Gasteiger partial charge < -0.3 is 10.1 Å². The summed E-state index contributed by atoms with van der Waals surface area (Å²) in [6.07, 6.45) is 2.31. The van der Waals surface area contributed by atoms with Gasteiger partial charge in [-0.1, -0.05) is 35.4 Å². The zero-order chi connectivity index (χ0) is 19.8. The average molecular weight is 410 g/mol. The first-order chi connectivity index (χ1) is 12.9. The number of carbonyl (C=O) groups is 2. The largest absolute Gasteiger partial charge is 0.459 e. The maximum atomic E-state index is 13.8. The van der Waals surface area contributed by atoms with E-state index in [1.54, 1.807) is 30.0 Å². The highest BCUT2D eigenvalue weighted by Gasteiger charge is 2.23. The molecule has 0 radical (unpaired) electrons. The number of carbonyl (C=O) groups excluding carboxylic acids is 2. The SMILES string of the molecule is CSCC[C@@H](NC(=O)c1cccc(C)c1)C(=O)OCc1c(F)cccc1Cl. The standard InChI is InChI=1S/C20H21ClFNO3S/c1-13-5-3-6-14(11-13)19(24)23-18(9-10-27-2)20(25)26-12-15-16(21)7-4-8-17(15)22/h3-8,11,18H,9-10,12H2,1-2H3,(H,23,24)/t18-/m1/s1. The lowest BCUT2D eigenvalue weighted by molar-refractivity contribution is -0.147. The van der Waals surface area contributed by atoms with E-state index < -0.39 is 17.8 Å². The Kier molecular flexibility index (Phi) is 8.13. The number of hydrogen-bond donors (Lipinski definition) is 1. The Balaban J connectivity index is 2.05. The number of esters is 1. The average Bonchev–Trinajstić information content (AvgIpc) is 2.64. The highest BCUT2D eigenvalue weighted by atomic mass is 35.5. The third-order valence-electron chi connectivity index (χ3n) is 3.90. The zero-order valence-corrected chi connectivity index (χ0v) is 16.7. The Bertz CT molecular complexity index is 795. The molecular formula is C20H21ClFNO3S. The minimum absolute atomic E-state index is 0.112. The Hall–Kier alpha value is -2.05. The van der Waals surface area contributed by atoms with E-state index in [4.69, 9.17) is 16.3 Å². The molecule has 2 aromatic carbocycles. The third-order valence-corrected chi connectivity index (χ3v) is 4.90. The number of amides is 1. The topological polar surface area (TPSA) is 55.4 Å². The lowest BCUT2D eigenvalue weighted by Gasteiger charge is -2.18. The highest BCUT2D eigenvalue weighted by Crippen LogP contribution is 2.20. The minimum Gasteiger partial charge on any atom is -0.459 e. The number of ether oxygens (including phenoxy) is 1. The molecule has 0 aliphatic heterocycles. The number of aryl methyl sites for hydroxylation is 1. The summed E-state index contributed by atoms with van der Waals surface area (Å²) in [5.74, 6) is -0.858. The van der Waals surface area contributed by atoms with Crippen LogP contribution in [0.15, 0.2) is 42.5 Å². The summed E-state index contributed by atoms with van der Waals surface area (Å²) in [7, 11) is 0. The van der Waals surface area contributed by atoms with Gasteiger partial charge in [-0.15, -0.1) is 0 Å². The van der Waals surface area contributed by atoms with Crippen LogP contribution < -0.4 is 5.32 Å². The van der Waals surface area contributed by atoms with Crippen LogP contribution >= 0.6 is 23.4 Å². The van der Waals surface area contributed by atoms with Gasteiger partial charge in [-0.05, 0) is 49.6 Å². The third kappa shape index (κ3) is 6.26. The van der Waals surface area contributed by atoms with Gasteiger partial charge >= 0.3 is 5.97 Å². The molecule has 4 nitrogen and oxygen atoms in total. The number of nitrogens with one attached hydrogen (secondary N) is 1. The van der Waals surface area contributed by atoms with Crippen LogP contribution in [-0.2, 0) is 16.1 Å². The number of rotatable bonds is 8. The van der Waals surface area contributed by atoms with Gasteiger partial charge in [0.15, 0.2) is 0 Å². The number of halogens is 2. The second-order valence-corrected chi connectivity index (χ2v) is 7.38. The lowest BCUT2D eigenvalue weighted by Crippen LogP contribution is -2.42. The highest BCUT2D eigenvalue weighted by molar-refractivity contribution is 7.98. The van der Waals surface area contributed by atoms with Gasteiger partial charge in [0.1, 0.15) is 18.5 Å². The van der Waals surface area contributed by atoms with Crippen LogP contribution in [0.4, 0.5) is 4.39 Å². The molecule has 2 rings (SSSR count). The van der Waals surface area contributed by atoms with Gasteiger partial charge in [0.05, 0.1) is 5.02 Å². The second-order valence-electron chi connectivity index (χ2n) is 5.98. The molecule has 0 aliphatic carbocycles. The van der Waals surface area contributed by atoms with E-state index >= 15 is 0 Å². The van der Waals surface area contributed by atoms with E-state index in [2.05, 4.69) is 5.32 Å². The minimum atomic E-state index is -0.823. The van der Waals surface area contributed by atoms with Gasteiger partial charge in [0.25, 0.3) is 5.91 Å². The predicted octanol–water partition coefficient (Wildman–Crippen LogP) is 4.38. The molecule has 144 valence electrons. The van der Waals surface area contributed by atoms with Crippen LogP contribution in [0.2, 0.25) is 5.02 Å². The maximum Gasteiger partial charge on any atom is 0.329 e. The molecular weight excluding hydrogens is 389 g/mol. The molecule has 0 saturated carbocycles. The molecule has 0 fully saturated rings. The van der Waals surface area contributed by atoms with Crippen molar-refractivity contribution in [2.45, 2.75) is 26.0 Å². The smallest absolute Gasteiger partial charge is 0.329 e. The molecule has 7 heteroatoms. The van der Waals surface area contributed by atoms with E-state index in [0.717, 1.165) is 5.56 Å². The number of benzene rings is 2. The van der Waals surface area contributed by atoms with Crippen molar-refractivity contribution in [3.05, 3.63) is 70.0 Å². The molecule has 0 aromatic heterocycles. The molecule has 0 spiro atoms. The van der Waals surface area contributed by atoms with Gasteiger partial charge in [-0.2, -0.15) is 11.8 Å². The van der Waals surface area contributed by atoms with Gasteiger partial charge in [0, 0.05) is 11.1 Å². The second kappa shape index (κ2) is 10.3. The zero-order valence-electron chi connectivity index (χ0n) is 15.1. The first kappa shape index (κ1) is 21.3. The quantitative estimate of drug-likeness (QED) is 0.657. The first-order valence-electron chi connectivity index (χ1n) is 8.38. The van der Waals surface area contributed by atoms with E-state index in [0.29, 0.717) is 17.7 Å². The van der Waals surface area contributed by atoms with Crippen molar-refractivity contribution >= 4 is 35.2 Å². The van der Waals surface area contributed by atoms with Crippen molar-refractivity contribution in [1.29, 1.82) is 0 Å². The fraction of sp³-hybridized carbons (Fsp3) is 0.300. The Morgan fingerprint density at radius 1 is 1.26 bits per heavy atom. The molecule has 2 aromatic rings. The van der Waals surface area contributed by atoms with Gasteiger partial charge in [-0.3, -0.25) is 4.79 Å². The van der Waals surface area contributed by atoms with Crippen LogP contribution in [0.5, 0.6) is 0 Å². The molecule has 1 amide bonds. The Morgan fingerprint density at radius 2 is 2.00 bits per heavy atom. The van der Waals surface area contributed by atoms with Crippen molar-refractivity contribution in [2.75, 3.05) is 12.0 Å². The summed E-state index contributed by atoms with van der Waals surface area (Å²) in [6, 6.07) is 10.5. The van der Waals surface area contributed by atoms with Crippen molar-refractivity contribution in [1.82, 2.24) is 5.32 Å². The molecule has 0 saturated heterocycles. The van der Waals surface area contributed by atoms with E-state index in [1.165, 1.54) is 18.2 Å². The molecule has 1 N–H and O–H groups in total. The lowest BCUT2D eigenvalue weighted by atomic mass is 10.1. The van der Waals surface area contributed by atoms with Crippen LogP contribution in [0.3, 0.4) is 0 Å². The van der Waals surface area contributed by atoms with Crippen LogP contribution in [0.25, 0.3) is 0 Å². The summed E-state index contributed by atoms with van der Waals surface area (Å²) in [6.45, 7) is 1.59. The Labute approximate surface area is 167 Å². The predicted molar refractivity (Wildman–Crippen MR) is 107 cm³/mol.